The summed E-state index contributed by atoms with van der Waals surface area (Å²) >= 11 is 5.96. The fourth-order valence-corrected chi connectivity index (χ4v) is 4.91. The molecule has 2 aromatic rings. The van der Waals surface area contributed by atoms with E-state index in [1.165, 1.54) is 0 Å². The number of likely N-dealkylation sites (tertiary alicyclic amines) is 1. The summed E-state index contributed by atoms with van der Waals surface area (Å²) in [5, 5.41) is 12.2. The number of rotatable bonds is 2. The van der Waals surface area contributed by atoms with Crippen molar-refractivity contribution >= 4 is 17.5 Å². The van der Waals surface area contributed by atoms with E-state index in [0.29, 0.717) is 23.6 Å². The highest BCUT2D eigenvalue weighted by Gasteiger charge is 2.50. The van der Waals surface area contributed by atoms with E-state index in [9.17, 15) is 9.90 Å². The molecule has 3 atom stereocenters. The summed E-state index contributed by atoms with van der Waals surface area (Å²) < 4.78 is 0. The van der Waals surface area contributed by atoms with Crippen LogP contribution in [-0.4, -0.2) is 28.5 Å². The van der Waals surface area contributed by atoms with Crippen LogP contribution < -0.4 is 0 Å². The molecular weight excluding hydrogens is 346 g/mol. The van der Waals surface area contributed by atoms with E-state index in [2.05, 4.69) is 0 Å². The second kappa shape index (κ2) is 7.05. The first-order valence-electron chi connectivity index (χ1n) is 9.44. The molecule has 1 unspecified atom stereocenters. The van der Waals surface area contributed by atoms with Gasteiger partial charge < -0.3 is 10.0 Å². The van der Waals surface area contributed by atoms with E-state index in [0.717, 1.165) is 31.2 Å². The predicted molar refractivity (Wildman–Crippen MR) is 103 cm³/mol. The van der Waals surface area contributed by atoms with E-state index in [1.54, 1.807) is 24.3 Å². The highest BCUT2D eigenvalue weighted by Crippen LogP contribution is 2.47. The molecule has 3 nitrogen and oxygen atoms in total. The number of piperidine rings is 1. The second-order valence-electron chi connectivity index (χ2n) is 7.50. The molecule has 1 heterocycles. The molecule has 0 bridgehead atoms. The SMILES string of the molecule is O=C(c1ccc(Cl)cc1)N1CC[C@@](O)(c2ccccc2)[C@@H]2CCCCC21. The number of fused-ring (bicyclic) bond motifs is 1. The first-order valence-corrected chi connectivity index (χ1v) is 9.82. The van der Waals surface area contributed by atoms with E-state index in [1.807, 2.05) is 35.2 Å². The Morgan fingerprint density at radius 1 is 1.04 bits per heavy atom. The fourth-order valence-electron chi connectivity index (χ4n) is 4.78. The summed E-state index contributed by atoms with van der Waals surface area (Å²) in [5.74, 6) is 0.136. The number of halogens is 1. The van der Waals surface area contributed by atoms with E-state index in [4.69, 9.17) is 11.6 Å². The first kappa shape index (κ1) is 17.6. The van der Waals surface area contributed by atoms with Crippen molar-refractivity contribution in [3.63, 3.8) is 0 Å². The molecule has 2 aliphatic rings. The number of carbonyl (C=O) groups excluding carboxylic acids is 1. The van der Waals surface area contributed by atoms with Crippen molar-refractivity contribution in [3.8, 4) is 0 Å². The number of benzene rings is 2. The lowest BCUT2D eigenvalue weighted by Crippen LogP contribution is -2.58. The van der Waals surface area contributed by atoms with Gasteiger partial charge in [0.15, 0.2) is 0 Å². The van der Waals surface area contributed by atoms with Gasteiger partial charge >= 0.3 is 0 Å². The Labute approximate surface area is 159 Å². The Bertz CT molecular complexity index is 776. The summed E-state index contributed by atoms with van der Waals surface area (Å²) in [4.78, 5) is 15.1. The molecule has 1 aliphatic heterocycles. The van der Waals surface area contributed by atoms with Crippen molar-refractivity contribution in [1.82, 2.24) is 4.90 Å². The third kappa shape index (κ3) is 3.04. The van der Waals surface area contributed by atoms with Gasteiger partial charge in [0.2, 0.25) is 0 Å². The van der Waals surface area contributed by atoms with Crippen LogP contribution in [0.15, 0.2) is 54.6 Å². The van der Waals surface area contributed by atoms with E-state index >= 15 is 0 Å². The maximum atomic E-state index is 13.1. The summed E-state index contributed by atoms with van der Waals surface area (Å²) in [6.07, 6.45) is 4.72. The topological polar surface area (TPSA) is 40.5 Å². The standard InChI is InChI=1S/C22H24ClNO2/c23-18-12-10-16(11-13-18)21(25)24-15-14-22(26,17-6-2-1-3-7-17)19-8-4-5-9-20(19)24/h1-3,6-7,10-13,19-20,26H,4-5,8-9,14-15H2/t19-,20?,22-/m1/s1. The molecule has 1 saturated heterocycles. The molecule has 26 heavy (non-hydrogen) atoms. The molecule has 2 fully saturated rings. The largest absolute Gasteiger partial charge is 0.385 e. The first-order chi connectivity index (χ1) is 12.6. The highest BCUT2D eigenvalue weighted by molar-refractivity contribution is 6.30. The molecule has 1 amide bonds. The zero-order valence-electron chi connectivity index (χ0n) is 14.8. The normalized spacial score (nSPS) is 28.5. The number of nitrogens with zero attached hydrogens (tertiary/aromatic N) is 1. The lowest BCUT2D eigenvalue weighted by molar-refractivity contribution is -0.110. The van der Waals surface area contributed by atoms with Gasteiger partial charge in [-0.3, -0.25) is 4.79 Å². The van der Waals surface area contributed by atoms with Crippen LogP contribution in [0.25, 0.3) is 0 Å². The number of hydrogen-bond acceptors (Lipinski definition) is 2. The molecule has 4 rings (SSSR count). The van der Waals surface area contributed by atoms with Crippen LogP contribution in [0.4, 0.5) is 0 Å². The van der Waals surface area contributed by atoms with Crippen molar-refractivity contribution < 1.29 is 9.90 Å². The highest BCUT2D eigenvalue weighted by atomic mass is 35.5. The summed E-state index contributed by atoms with van der Waals surface area (Å²) in [5.41, 5.74) is 0.808. The van der Waals surface area contributed by atoms with Crippen LogP contribution in [0.2, 0.25) is 5.02 Å². The average molecular weight is 370 g/mol. The van der Waals surface area contributed by atoms with Crippen molar-refractivity contribution in [2.45, 2.75) is 43.7 Å². The minimum absolute atomic E-state index is 0.0497. The molecule has 0 radical (unpaired) electrons. The maximum absolute atomic E-state index is 13.1. The predicted octanol–water partition coefficient (Wildman–Crippen LogP) is 4.63. The lowest BCUT2D eigenvalue weighted by atomic mass is 9.66. The van der Waals surface area contributed by atoms with Crippen LogP contribution in [0, 0.1) is 5.92 Å². The molecule has 136 valence electrons. The smallest absolute Gasteiger partial charge is 0.254 e. The van der Waals surface area contributed by atoms with Gasteiger partial charge in [0.05, 0.1) is 5.60 Å². The van der Waals surface area contributed by atoms with Crippen LogP contribution in [0.1, 0.15) is 48.0 Å². The number of amides is 1. The van der Waals surface area contributed by atoms with Crippen molar-refractivity contribution in [2.75, 3.05) is 6.54 Å². The van der Waals surface area contributed by atoms with Crippen LogP contribution in [0.3, 0.4) is 0 Å². The molecule has 0 aromatic heterocycles. The maximum Gasteiger partial charge on any atom is 0.254 e. The molecule has 2 aromatic carbocycles. The Hall–Kier alpha value is -1.84. The van der Waals surface area contributed by atoms with Crippen LogP contribution >= 0.6 is 11.6 Å². The monoisotopic (exact) mass is 369 g/mol. The van der Waals surface area contributed by atoms with Crippen molar-refractivity contribution in [2.24, 2.45) is 5.92 Å². The van der Waals surface area contributed by atoms with E-state index < -0.39 is 5.60 Å². The van der Waals surface area contributed by atoms with Gasteiger partial charge in [0.25, 0.3) is 5.91 Å². The van der Waals surface area contributed by atoms with Gasteiger partial charge in [-0.15, -0.1) is 0 Å². The number of aliphatic hydroxyl groups is 1. The quantitative estimate of drug-likeness (QED) is 0.838. The van der Waals surface area contributed by atoms with Gasteiger partial charge in [-0.2, -0.15) is 0 Å². The summed E-state index contributed by atoms with van der Waals surface area (Å²) in [6, 6.07) is 17.2. The van der Waals surface area contributed by atoms with Gasteiger partial charge in [0.1, 0.15) is 0 Å². The third-order valence-electron chi connectivity index (χ3n) is 6.10. The number of hydrogen-bond donors (Lipinski definition) is 1. The van der Waals surface area contributed by atoms with Gasteiger partial charge in [0, 0.05) is 29.1 Å². The van der Waals surface area contributed by atoms with Gasteiger partial charge in [-0.1, -0.05) is 54.8 Å². The molecule has 1 saturated carbocycles. The molecule has 0 spiro atoms. The van der Waals surface area contributed by atoms with E-state index in [-0.39, 0.29) is 17.9 Å². The summed E-state index contributed by atoms with van der Waals surface area (Å²) in [6.45, 7) is 0.577. The van der Waals surface area contributed by atoms with Crippen molar-refractivity contribution in [1.29, 1.82) is 0 Å². The van der Waals surface area contributed by atoms with Gasteiger partial charge in [-0.05, 0) is 49.1 Å². The Morgan fingerprint density at radius 2 is 1.73 bits per heavy atom. The zero-order valence-corrected chi connectivity index (χ0v) is 15.5. The number of carbonyl (C=O) groups is 1. The van der Waals surface area contributed by atoms with Gasteiger partial charge in [-0.25, -0.2) is 0 Å². The Balaban J connectivity index is 1.64. The molecule has 4 heteroatoms. The minimum atomic E-state index is -0.844. The minimum Gasteiger partial charge on any atom is -0.385 e. The molecule has 1 N–H and O–H groups in total. The molecular formula is C22H24ClNO2. The van der Waals surface area contributed by atoms with Crippen LogP contribution in [0.5, 0.6) is 0 Å². The Kier molecular flexibility index (Phi) is 4.76. The lowest BCUT2D eigenvalue weighted by Gasteiger charge is -2.52. The average Bonchev–Trinajstić information content (AvgIpc) is 2.69. The Morgan fingerprint density at radius 3 is 2.46 bits per heavy atom. The fraction of sp³-hybridized carbons (Fsp3) is 0.409. The second-order valence-corrected chi connectivity index (χ2v) is 7.94. The molecule has 1 aliphatic carbocycles. The van der Waals surface area contributed by atoms with Crippen molar-refractivity contribution in [3.05, 3.63) is 70.7 Å². The zero-order chi connectivity index (χ0) is 18.1. The third-order valence-corrected chi connectivity index (χ3v) is 6.35. The summed E-state index contributed by atoms with van der Waals surface area (Å²) in [7, 11) is 0. The van der Waals surface area contributed by atoms with Crippen LogP contribution in [-0.2, 0) is 5.60 Å².